The zero-order chi connectivity index (χ0) is 16.2. The monoisotopic (exact) mass is 294 g/mol. The topological polar surface area (TPSA) is 130 Å². The molecule has 1 aromatic rings. The minimum atomic E-state index is -1.66. The van der Waals surface area contributed by atoms with Crippen LogP contribution < -0.4 is 10.6 Å². The lowest BCUT2D eigenvalue weighted by Gasteiger charge is -2.15. The van der Waals surface area contributed by atoms with Crippen molar-refractivity contribution in [3.63, 3.8) is 0 Å². The average Bonchev–Trinajstić information content (AvgIpc) is 2.37. The van der Waals surface area contributed by atoms with Gasteiger partial charge in [-0.3, -0.25) is 0 Å². The largest absolute Gasteiger partial charge is 0.464 e. The molecule has 0 saturated heterocycles. The Morgan fingerprint density at radius 1 is 1.29 bits per heavy atom. The standard InChI is InChI=1S/C13H14N2O6/c1-7(2)11(16)21-6-8-5-9(3-4-10(8)14)15(12(17)18)13(19)20/h3-5H,1,6,14H2,2H3,(H,17,18)(H,19,20). The zero-order valence-electron chi connectivity index (χ0n) is 11.2. The van der Waals surface area contributed by atoms with Crippen LogP contribution in [-0.4, -0.2) is 28.4 Å². The van der Waals surface area contributed by atoms with Gasteiger partial charge < -0.3 is 20.7 Å². The lowest BCUT2D eigenvalue weighted by Crippen LogP contribution is -2.34. The number of nitrogens with zero attached hydrogens (tertiary/aromatic N) is 1. The highest BCUT2D eigenvalue weighted by Gasteiger charge is 2.22. The second kappa shape index (κ2) is 6.42. The zero-order valence-corrected chi connectivity index (χ0v) is 11.2. The third kappa shape index (κ3) is 3.96. The van der Waals surface area contributed by atoms with Gasteiger partial charge in [-0.2, -0.15) is 4.90 Å². The van der Waals surface area contributed by atoms with E-state index in [1.807, 2.05) is 0 Å². The van der Waals surface area contributed by atoms with Gasteiger partial charge in [-0.15, -0.1) is 0 Å². The number of hydrogen-bond acceptors (Lipinski definition) is 5. The highest BCUT2D eigenvalue weighted by atomic mass is 16.5. The Morgan fingerprint density at radius 2 is 1.86 bits per heavy atom. The Hall–Kier alpha value is -3.03. The van der Waals surface area contributed by atoms with Crippen LogP contribution >= 0.6 is 0 Å². The molecule has 0 spiro atoms. The van der Waals surface area contributed by atoms with Crippen molar-refractivity contribution in [1.82, 2.24) is 0 Å². The predicted molar refractivity (Wildman–Crippen MR) is 74.0 cm³/mol. The fourth-order valence-corrected chi connectivity index (χ4v) is 1.43. The minimum absolute atomic E-state index is 0.120. The number of nitrogen functional groups attached to an aromatic ring is 1. The van der Waals surface area contributed by atoms with Gasteiger partial charge in [0.2, 0.25) is 0 Å². The van der Waals surface area contributed by atoms with Crippen LogP contribution in [0.3, 0.4) is 0 Å². The number of rotatable bonds is 4. The van der Waals surface area contributed by atoms with Crippen molar-refractivity contribution in [2.75, 3.05) is 10.6 Å². The summed E-state index contributed by atoms with van der Waals surface area (Å²) in [6.07, 6.45) is -3.31. The summed E-state index contributed by atoms with van der Waals surface area (Å²) in [7, 11) is 0. The predicted octanol–water partition coefficient (Wildman–Crippen LogP) is 2.05. The van der Waals surface area contributed by atoms with Crippen molar-refractivity contribution < 1.29 is 29.3 Å². The minimum Gasteiger partial charge on any atom is -0.464 e. The Balaban J connectivity index is 3.04. The molecule has 0 aromatic heterocycles. The molecule has 21 heavy (non-hydrogen) atoms. The van der Waals surface area contributed by atoms with Gasteiger partial charge in [0.1, 0.15) is 6.61 Å². The number of amides is 2. The van der Waals surface area contributed by atoms with E-state index in [1.165, 1.54) is 25.1 Å². The number of carbonyl (C=O) groups is 3. The summed E-state index contributed by atoms with van der Waals surface area (Å²) in [6, 6.07) is 3.79. The van der Waals surface area contributed by atoms with Gasteiger partial charge in [0, 0.05) is 16.8 Å². The van der Waals surface area contributed by atoms with Crippen LogP contribution in [0.1, 0.15) is 12.5 Å². The second-order valence-corrected chi connectivity index (χ2v) is 4.14. The molecule has 8 heteroatoms. The first-order valence-corrected chi connectivity index (χ1v) is 5.71. The molecule has 4 N–H and O–H groups in total. The molecular formula is C13H14N2O6. The van der Waals surface area contributed by atoms with E-state index in [0.29, 0.717) is 0 Å². The maximum Gasteiger partial charge on any atom is 0.421 e. The van der Waals surface area contributed by atoms with E-state index in [1.54, 1.807) is 0 Å². The van der Waals surface area contributed by atoms with Gasteiger partial charge in [-0.05, 0) is 25.1 Å². The van der Waals surface area contributed by atoms with Crippen LogP contribution in [0, 0.1) is 0 Å². The van der Waals surface area contributed by atoms with Gasteiger partial charge >= 0.3 is 18.2 Å². The molecule has 2 amide bonds. The normalized spacial score (nSPS) is 9.76. The summed E-state index contributed by atoms with van der Waals surface area (Å²) < 4.78 is 4.89. The van der Waals surface area contributed by atoms with Crippen molar-refractivity contribution in [2.45, 2.75) is 13.5 Å². The number of esters is 1. The molecule has 0 aliphatic rings. The van der Waals surface area contributed by atoms with E-state index in [-0.39, 0.29) is 34.0 Å². The van der Waals surface area contributed by atoms with Crippen molar-refractivity contribution in [2.24, 2.45) is 0 Å². The molecular weight excluding hydrogens is 280 g/mol. The summed E-state index contributed by atoms with van der Waals surface area (Å²) in [4.78, 5) is 33.2. The molecule has 0 fully saturated rings. The number of ether oxygens (including phenoxy) is 1. The summed E-state index contributed by atoms with van der Waals surface area (Å²) in [5, 5.41) is 17.7. The fraction of sp³-hybridized carbons (Fsp3) is 0.154. The summed E-state index contributed by atoms with van der Waals surface area (Å²) in [5.74, 6) is -0.631. The molecule has 0 bridgehead atoms. The van der Waals surface area contributed by atoms with E-state index in [0.717, 1.165) is 0 Å². The number of carboxylic acid groups (broad SMARTS) is 2. The third-order valence-electron chi connectivity index (χ3n) is 2.47. The van der Waals surface area contributed by atoms with Crippen molar-refractivity contribution in [3.8, 4) is 0 Å². The maximum absolute atomic E-state index is 11.3. The molecule has 0 aliphatic heterocycles. The molecule has 0 radical (unpaired) electrons. The molecule has 0 aliphatic carbocycles. The highest BCUT2D eigenvalue weighted by molar-refractivity contribution is 6.07. The lowest BCUT2D eigenvalue weighted by molar-refractivity contribution is -0.140. The molecule has 0 unspecified atom stereocenters. The SMILES string of the molecule is C=C(C)C(=O)OCc1cc(N(C(=O)O)C(=O)O)ccc1N. The Kier molecular flexibility index (Phi) is 4.90. The summed E-state index contributed by atoms with van der Waals surface area (Å²) >= 11 is 0. The van der Waals surface area contributed by atoms with E-state index in [9.17, 15) is 14.4 Å². The number of nitrogens with two attached hydrogens (primary N) is 1. The number of carbonyl (C=O) groups excluding carboxylic acids is 1. The first kappa shape index (κ1) is 16.0. The smallest absolute Gasteiger partial charge is 0.421 e. The molecule has 0 atom stereocenters. The highest BCUT2D eigenvalue weighted by Crippen LogP contribution is 2.22. The van der Waals surface area contributed by atoms with Gasteiger partial charge in [0.25, 0.3) is 0 Å². The number of imide groups is 1. The Morgan fingerprint density at radius 3 is 2.33 bits per heavy atom. The number of benzene rings is 1. The van der Waals surface area contributed by atoms with Crippen molar-refractivity contribution in [3.05, 3.63) is 35.9 Å². The quantitative estimate of drug-likeness (QED) is 0.440. The molecule has 0 saturated carbocycles. The number of anilines is 2. The van der Waals surface area contributed by atoms with Crippen LogP contribution in [0.2, 0.25) is 0 Å². The molecule has 112 valence electrons. The maximum atomic E-state index is 11.3. The van der Waals surface area contributed by atoms with Gasteiger partial charge in [0.05, 0.1) is 5.69 Å². The van der Waals surface area contributed by atoms with Crippen LogP contribution in [0.4, 0.5) is 21.0 Å². The number of hydrogen-bond donors (Lipinski definition) is 3. The molecule has 0 heterocycles. The molecule has 1 aromatic carbocycles. The summed E-state index contributed by atoms with van der Waals surface area (Å²) in [5.41, 5.74) is 6.28. The van der Waals surface area contributed by atoms with Gasteiger partial charge in [-0.25, -0.2) is 14.4 Å². The van der Waals surface area contributed by atoms with Crippen LogP contribution in [0.15, 0.2) is 30.4 Å². The lowest BCUT2D eigenvalue weighted by atomic mass is 10.1. The first-order chi connectivity index (χ1) is 9.73. The Bertz CT molecular complexity index is 597. The fourth-order valence-electron chi connectivity index (χ4n) is 1.43. The third-order valence-corrected chi connectivity index (χ3v) is 2.47. The molecule has 1 rings (SSSR count). The van der Waals surface area contributed by atoms with E-state index >= 15 is 0 Å². The van der Waals surface area contributed by atoms with Crippen molar-refractivity contribution in [1.29, 1.82) is 0 Å². The van der Waals surface area contributed by atoms with Crippen molar-refractivity contribution >= 4 is 29.5 Å². The second-order valence-electron chi connectivity index (χ2n) is 4.14. The van der Waals surface area contributed by atoms with E-state index in [2.05, 4.69) is 6.58 Å². The van der Waals surface area contributed by atoms with Gasteiger partial charge in [0.15, 0.2) is 0 Å². The average molecular weight is 294 g/mol. The van der Waals surface area contributed by atoms with Crippen LogP contribution in [0.5, 0.6) is 0 Å². The van der Waals surface area contributed by atoms with Crippen LogP contribution in [-0.2, 0) is 16.1 Å². The van der Waals surface area contributed by atoms with E-state index in [4.69, 9.17) is 20.7 Å². The summed E-state index contributed by atoms with van der Waals surface area (Å²) in [6.45, 7) is 4.66. The van der Waals surface area contributed by atoms with Crippen LogP contribution in [0.25, 0.3) is 0 Å². The first-order valence-electron chi connectivity index (χ1n) is 5.71. The Labute approximate surface area is 120 Å². The van der Waals surface area contributed by atoms with Gasteiger partial charge in [-0.1, -0.05) is 6.58 Å². The van der Waals surface area contributed by atoms with E-state index < -0.39 is 18.2 Å². The molecule has 8 nitrogen and oxygen atoms in total.